The molecule has 104 valence electrons. The van der Waals surface area contributed by atoms with Crippen molar-refractivity contribution in [3.05, 3.63) is 29.6 Å². The van der Waals surface area contributed by atoms with Gasteiger partial charge >= 0.3 is 0 Å². The van der Waals surface area contributed by atoms with Crippen molar-refractivity contribution < 1.29 is 13.9 Å². The Hall–Kier alpha value is -1.53. The van der Waals surface area contributed by atoms with Crippen LogP contribution in [0.2, 0.25) is 0 Å². The molecule has 4 nitrogen and oxygen atoms in total. The molecule has 0 atom stereocenters. The molecule has 0 heterocycles. The number of thiocarbonyl (C=S) groups is 1. The summed E-state index contributed by atoms with van der Waals surface area (Å²) in [5.74, 6) is -0.813. The molecule has 1 aromatic rings. The number of carbonyl (C=O) groups is 1. The summed E-state index contributed by atoms with van der Waals surface area (Å²) in [6.07, 6.45) is 1.10. The summed E-state index contributed by atoms with van der Waals surface area (Å²) >= 11 is 4.77. The van der Waals surface area contributed by atoms with Gasteiger partial charge in [0.1, 0.15) is 10.8 Å². The zero-order valence-corrected chi connectivity index (χ0v) is 11.6. The first kappa shape index (κ1) is 15.5. The van der Waals surface area contributed by atoms with Crippen molar-refractivity contribution in [2.24, 2.45) is 5.73 Å². The number of hydrogen-bond acceptors (Lipinski definition) is 3. The summed E-state index contributed by atoms with van der Waals surface area (Å²) in [7, 11) is 0. The van der Waals surface area contributed by atoms with E-state index in [4.69, 9.17) is 22.7 Å². The Bertz CT molecular complexity index is 466. The minimum atomic E-state index is -0.549. The number of anilines is 1. The third kappa shape index (κ3) is 4.92. The van der Waals surface area contributed by atoms with Crippen LogP contribution in [-0.4, -0.2) is 24.1 Å². The average molecular weight is 284 g/mol. The van der Waals surface area contributed by atoms with Gasteiger partial charge in [-0.15, -0.1) is 0 Å². The van der Waals surface area contributed by atoms with E-state index in [1.807, 2.05) is 6.92 Å². The van der Waals surface area contributed by atoms with Gasteiger partial charge in [0, 0.05) is 6.61 Å². The lowest BCUT2D eigenvalue weighted by atomic mass is 10.1. The highest BCUT2D eigenvalue weighted by Crippen LogP contribution is 2.19. The van der Waals surface area contributed by atoms with Gasteiger partial charge in [-0.05, 0) is 18.6 Å². The third-order valence-electron chi connectivity index (χ3n) is 2.36. The minimum Gasteiger partial charge on any atom is -0.389 e. The van der Waals surface area contributed by atoms with E-state index in [-0.39, 0.29) is 28.6 Å². The minimum absolute atomic E-state index is 0.0559. The molecule has 0 aliphatic heterocycles. The van der Waals surface area contributed by atoms with Crippen molar-refractivity contribution in [1.82, 2.24) is 0 Å². The van der Waals surface area contributed by atoms with Gasteiger partial charge in [0.15, 0.2) is 0 Å². The van der Waals surface area contributed by atoms with Crippen molar-refractivity contribution in [3.63, 3.8) is 0 Å². The second-order valence-electron chi connectivity index (χ2n) is 3.94. The molecule has 0 aliphatic carbocycles. The Labute approximate surface area is 117 Å². The van der Waals surface area contributed by atoms with Gasteiger partial charge in [-0.25, -0.2) is 4.39 Å². The molecular formula is C13H17FN2O2S. The molecule has 6 heteroatoms. The van der Waals surface area contributed by atoms with Gasteiger partial charge < -0.3 is 15.8 Å². The number of benzene rings is 1. The van der Waals surface area contributed by atoms with Crippen LogP contribution in [0.3, 0.4) is 0 Å². The Morgan fingerprint density at radius 1 is 1.47 bits per heavy atom. The molecule has 0 spiro atoms. The lowest BCUT2D eigenvalue weighted by Crippen LogP contribution is -2.19. The Kier molecular flexibility index (Phi) is 6.38. The summed E-state index contributed by atoms with van der Waals surface area (Å²) in [6, 6.07) is 4.29. The summed E-state index contributed by atoms with van der Waals surface area (Å²) in [4.78, 5) is 11.6. The predicted molar refractivity (Wildman–Crippen MR) is 76.6 cm³/mol. The van der Waals surface area contributed by atoms with Crippen LogP contribution >= 0.6 is 12.2 Å². The van der Waals surface area contributed by atoms with Crippen LogP contribution < -0.4 is 11.1 Å². The highest BCUT2D eigenvalue weighted by atomic mass is 32.1. The fourth-order valence-electron chi connectivity index (χ4n) is 1.50. The van der Waals surface area contributed by atoms with Crippen molar-refractivity contribution in [2.45, 2.75) is 19.8 Å². The van der Waals surface area contributed by atoms with Gasteiger partial charge in [0.25, 0.3) is 0 Å². The normalized spacial score (nSPS) is 10.2. The summed E-state index contributed by atoms with van der Waals surface area (Å²) < 4.78 is 18.8. The van der Waals surface area contributed by atoms with Gasteiger partial charge in [-0.3, -0.25) is 4.79 Å². The molecule has 0 unspecified atom stereocenters. The molecule has 0 bridgehead atoms. The van der Waals surface area contributed by atoms with Crippen molar-refractivity contribution in [1.29, 1.82) is 0 Å². The number of amides is 1. The number of hydrogen-bond donors (Lipinski definition) is 2. The molecule has 0 saturated carbocycles. The first-order valence-electron chi connectivity index (χ1n) is 6.02. The monoisotopic (exact) mass is 284 g/mol. The van der Waals surface area contributed by atoms with Gasteiger partial charge in [-0.2, -0.15) is 0 Å². The molecule has 0 aromatic heterocycles. The predicted octanol–water partition coefficient (Wildman–Crippen LogP) is 2.22. The standard InChI is InChI=1S/C13H17FN2O2S/c1-2-7-18-8-6-11(17)16-10-5-3-4-9(14)12(10)13(15)19/h3-5H,2,6-8H2,1H3,(H2,15,19)(H,16,17). The first-order chi connectivity index (χ1) is 9.06. The smallest absolute Gasteiger partial charge is 0.226 e. The highest BCUT2D eigenvalue weighted by Gasteiger charge is 2.13. The van der Waals surface area contributed by atoms with E-state index in [1.54, 1.807) is 6.07 Å². The Morgan fingerprint density at radius 2 is 2.21 bits per heavy atom. The molecule has 0 fully saturated rings. The van der Waals surface area contributed by atoms with E-state index >= 15 is 0 Å². The molecule has 0 aliphatic rings. The van der Waals surface area contributed by atoms with Crippen molar-refractivity contribution >= 4 is 28.8 Å². The maximum Gasteiger partial charge on any atom is 0.226 e. The number of rotatable bonds is 7. The molecular weight excluding hydrogens is 267 g/mol. The molecule has 3 N–H and O–H groups in total. The quantitative estimate of drug-likeness (QED) is 0.595. The van der Waals surface area contributed by atoms with E-state index in [9.17, 15) is 9.18 Å². The summed E-state index contributed by atoms with van der Waals surface area (Å²) in [5, 5.41) is 2.58. The zero-order chi connectivity index (χ0) is 14.3. The molecule has 0 radical (unpaired) electrons. The first-order valence-corrected chi connectivity index (χ1v) is 6.43. The topological polar surface area (TPSA) is 64.3 Å². The van der Waals surface area contributed by atoms with E-state index in [2.05, 4.69) is 5.32 Å². The molecule has 1 aromatic carbocycles. The van der Waals surface area contributed by atoms with Crippen LogP contribution in [0, 0.1) is 5.82 Å². The molecule has 1 amide bonds. The molecule has 19 heavy (non-hydrogen) atoms. The van der Waals surface area contributed by atoms with Crippen LogP contribution in [0.5, 0.6) is 0 Å². The average Bonchev–Trinajstić information content (AvgIpc) is 2.34. The van der Waals surface area contributed by atoms with Crippen LogP contribution in [0.15, 0.2) is 18.2 Å². The highest BCUT2D eigenvalue weighted by molar-refractivity contribution is 7.80. The lowest BCUT2D eigenvalue weighted by Gasteiger charge is -2.11. The molecule has 0 saturated heterocycles. The van der Waals surface area contributed by atoms with E-state index < -0.39 is 5.82 Å². The fraction of sp³-hybridized carbons (Fsp3) is 0.385. The lowest BCUT2D eigenvalue weighted by molar-refractivity contribution is -0.117. The van der Waals surface area contributed by atoms with Crippen LogP contribution in [0.25, 0.3) is 0 Å². The van der Waals surface area contributed by atoms with Crippen molar-refractivity contribution in [2.75, 3.05) is 18.5 Å². The fourth-order valence-corrected chi connectivity index (χ4v) is 1.71. The second kappa shape index (κ2) is 7.81. The van der Waals surface area contributed by atoms with E-state index in [1.165, 1.54) is 12.1 Å². The van der Waals surface area contributed by atoms with E-state index in [0.29, 0.717) is 13.2 Å². The number of ether oxygens (including phenoxy) is 1. The summed E-state index contributed by atoms with van der Waals surface area (Å²) in [5.41, 5.74) is 5.79. The molecule has 1 rings (SSSR count). The van der Waals surface area contributed by atoms with Crippen molar-refractivity contribution in [3.8, 4) is 0 Å². The van der Waals surface area contributed by atoms with E-state index in [0.717, 1.165) is 6.42 Å². The largest absolute Gasteiger partial charge is 0.389 e. The second-order valence-corrected chi connectivity index (χ2v) is 4.38. The number of nitrogens with two attached hydrogens (primary N) is 1. The van der Waals surface area contributed by atoms with Gasteiger partial charge in [0.05, 0.1) is 24.3 Å². The van der Waals surface area contributed by atoms with Crippen LogP contribution in [0.4, 0.5) is 10.1 Å². The maximum absolute atomic E-state index is 13.6. The third-order valence-corrected chi connectivity index (χ3v) is 2.56. The van der Waals surface area contributed by atoms with Crippen LogP contribution in [-0.2, 0) is 9.53 Å². The number of halogens is 1. The maximum atomic E-state index is 13.6. The van der Waals surface area contributed by atoms with Gasteiger partial charge in [0.2, 0.25) is 5.91 Å². The SMILES string of the molecule is CCCOCCC(=O)Nc1cccc(F)c1C(N)=S. The van der Waals surface area contributed by atoms with Crippen LogP contribution in [0.1, 0.15) is 25.3 Å². The number of carbonyl (C=O) groups excluding carboxylic acids is 1. The van der Waals surface area contributed by atoms with Gasteiger partial charge in [-0.1, -0.05) is 25.2 Å². The Balaban J connectivity index is 2.64. The number of nitrogens with one attached hydrogen (secondary N) is 1. The summed E-state index contributed by atoms with van der Waals surface area (Å²) in [6.45, 7) is 2.93. The zero-order valence-electron chi connectivity index (χ0n) is 10.7. The Morgan fingerprint density at radius 3 is 2.84 bits per heavy atom.